The predicted molar refractivity (Wildman–Crippen MR) is 107 cm³/mol. The number of carbonyl (C=O) groups is 1. The lowest BCUT2D eigenvalue weighted by atomic mass is 9.76. The number of hydrogen-bond donors (Lipinski definition) is 2. The van der Waals surface area contributed by atoms with Gasteiger partial charge in [0.25, 0.3) is 0 Å². The number of aromatic nitrogens is 2. The van der Waals surface area contributed by atoms with Crippen LogP contribution < -0.4 is 11.1 Å². The van der Waals surface area contributed by atoms with Crippen molar-refractivity contribution in [3.63, 3.8) is 0 Å². The smallest absolute Gasteiger partial charge is 0.383 e. The summed E-state index contributed by atoms with van der Waals surface area (Å²) in [5, 5.41) is 3.62. The molecule has 0 radical (unpaired) electrons. The van der Waals surface area contributed by atoms with E-state index in [1.54, 1.807) is 25.1 Å². The Bertz CT molecular complexity index is 1140. The first-order valence-electron chi connectivity index (χ1n) is 9.46. The van der Waals surface area contributed by atoms with Crippen molar-refractivity contribution in [2.24, 2.45) is 5.73 Å². The number of alkyl halides is 3. The Hall–Kier alpha value is -3.43. The van der Waals surface area contributed by atoms with Crippen LogP contribution in [0.5, 0.6) is 0 Å². The first kappa shape index (κ1) is 20.8. The van der Waals surface area contributed by atoms with Gasteiger partial charge in [0.1, 0.15) is 11.5 Å². The standard InChI is InChI=1S/C21H19F4N5O/c1-12-2-4-14-15(7-18(21(23,24)25)29-16(14)6-12)28-9-20(10-30(11-20)19(26)31)17-5-3-13(22)8-27-17/h2-8H,9-11H2,1H3,(H2,26,31)(H,28,29). The average Bonchev–Trinajstić information content (AvgIpc) is 2.66. The number of nitrogens with zero attached hydrogens (tertiary/aromatic N) is 3. The van der Waals surface area contributed by atoms with Crippen molar-refractivity contribution < 1.29 is 22.4 Å². The van der Waals surface area contributed by atoms with Crippen LogP contribution >= 0.6 is 0 Å². The second-order valence-electron chi connectivity index (χ2n) is 7.76. The molecule has 10 heteroatoms. The zero-order chi connectivity index (χ0) is 22.4. The van der Waals surface area contributed by atoms with E-state index in [1.165, 1.54) is 17.0 Å². The molecule has 0 bridgehead atoms. The number of fused-ring (bicyclic) bond motifs is 1. The van der Waals surface area contributed by atoms with Crippen LogP contribution in [-0.2, 0) is 11.6 Å². The van der Waals surface area contributed by atoms with E-state index in [0.717, 1.165) is 17.8 Å². The first-order valence-corrected chi connectivity index (χ1v) is 9.46. The summed E-state index contributed by atoms with van der Waals surface area (Å²) in [7, 11) is 0. The molecule has 0 atom stereocenters. The third-order valence-corrected chi connectivity index (χ3v) is 5.44. The van der Waals surface area contributed by atoms with Crippen LogP contribution in [0.4, 0.5) is 28.0 Å². The van der Waals surface area contributed by atoms with Gasteiger partial charge in [-0.3, -0.25) is 4.98 Å². The fourth-order valence-electron chi connectivity index (χ4n) is 3.79. The van der Waals surface area contributed by atoms with Crippen molar-refractivity contribution >= 4 is 22.6 Å². The Kier molecular flexibility index (Phi) is 4.95. The Morgan fingerprint density at radius 1 is 1.23 bits per heavy atom. The van der Waals surface area contributed by atoms with E-state index in [2.05, 4.69) is 15.3 Å². The number of nitrogens with two attached hydrogens (primary N) is 1. The lowest BCUT2D eigenvalue weighted by molar-refractivity contribution is -0.140. The van der Waals surface area contributed by atoms with E-state index < -0.39 is 29.1 Å². The summed E-state index contributed by atoms with van der Waals surface area (Å²) in [5.74, 6) is -0.511. The highest BCUT2D eigenvalue weighted by atomic mass is 19.4. The molecule has 3 N–H and O–H groups in total. The minimum atomic E-state index is -4.61. The van der Waals surface area contributed by atoms with Gasteiger partial charge in [-0.05, 0) is 36.8 Å². The summed E-state index contributed by atoms with van der Waals surface area (Å²) in [4.78, 5) is 20.8. The fraction of sp³-hybridized carbons (Fsp3) is 0.286. The maximum absolute atomic E-state index is 13.4. The molecule has 1 fully saturated rings. The molecule has 0 spiro atoms. The van der Waals surface area contributed by atoms with Gasteiger partial charge in [-0.1, -0.05) is 12.1 Å². The maximum Gasteiger partial charge on any atom is 0.433 e. The molecule has 6 nitrogen and oxygen atoms in total. The topological polar surface area (TPSA) is 84.1 Å². The van der Waals surface area contributed by atoms with E-state index in [9.17, 15) is 22.4 Å². The molecular weight excluding hydrogens is 414 g/mol. The largest absolute Gasteiger partial charge is 0.433 e. The summed E-state index contributed by atoms with van der Waals surface area (Å²) in [6.07, 6.45) is -3.54. The third-order valence-electron chi connectivity index (χ3n) is 5.44. The first-order chi connectivity index (χ1) is 14.6. The maximum atomic E-state index is 13.4. The van der Waals surface area contributed by atoms with E-state index >= 15 is 0 Å². The summed E-state index contributed by atoms with van der Waals surface area (Å²) in [5.41, 5.74) is 5.40. The van der Waals surface area contributed by atoms with Gasteiger partial charge in [0.05, 0.1) is 22.8 Å². The van der Waals surface area contributed by atoms with Crippen LogP contribution in [0.3, 0.4) is 0 Å². The van der Waals surface area contributed by atoms with E-state index in [1.807, 2.05) is 0 Å². The van der Waals surface area contributed by atoms with Crippen LogP contribution in [0.1, 0.15) is 17.0 Å². The number of likely N-dealkylation sites (tertiary alicyclic amines) is 1. The van der Waals surface area contributed by atoms with Gasteiger partial charge in [-0.25, -0.2) is 14.2 Å². The molecule has 0 unspecified atom stereocenters. The lowest BCUT2D eigenvalue weighted by Crippen LogP contribution is -2.65. The number of rotatable bonds is 4. The van der Waals surface area contributed by atoms with Crippen molar-refractivity contribution in [3.8, 4) is 0 Å². The molecule has 1 aliphatic heterocycles. The number of pyridine rings is 2. The van der Waals surface area contributed by atoms with Gasteiger partial charge >= 0.3 is 12.2 Å². The van der Waals surface area contributed by atoms with Crippen LogP contribution in [-0.4, -0.2) is 40.5 Å². The fourth-order valence-corrected chi connectivity index (χ4v) is 3.79. The molecule has 4 rings (SSSR count). The summed E-state index contributed by atoms with van der Waals surface area (Å²) in [6, 6.07) is 8.20. The number of hydrogen-bond acceptors (Lipinski definition) is 4. The zero-order valence-corrected chi connectivity index (χ0v) is 16.5. The minimum absolute atomic E-state index is 0.166. The number of benzene rings is 1. The Labute approximate surface area is 175 Å². The molecule has 1 saturated heterocycles. The molecule has 1 aliphatic rings. The van der Waals surface area contributed by atoms with Gasteiger partial charge in [-0.2, -0.15) is 13.2 Å². The van der Waals surface area contributed by atoms with E-state index in [-0.39, 0.29) is 30.8 Å². The molecular formula is C21H19F4N5O. The number of carbonyl (C=O) groups excluding carboxylic acids is 1. The van der Waals surface area contributed by atoms with Crippen LogP contribution in [0.15, 0.2) is 42.6 Å². The van der Waals surface area contributed by atoms with Crippen molar-refractivity contribution in [3.05, 3.63) is 65.4 Å². The normalized spacial score (nSPS) is 15.6. The average molecular weight is 433 g/mol. The van der Waals surface area contributed by atoms with Gasteiger partial charge in [0.2, 0.25) is 0 Å². The van der Waals surface area contributed by atoms with Crippen molar-refractivity contribution in [2.75, 3.05) is 25.0 Å². The predicted octanol–water partition coefficient (Wildman–Crippen LogP) is 3.84. The quantitative estimate of drug-likeness (QED) is 0.613. The number of anilines is 1. The molecule has 3 heterocycles. The molecule has 2 amide bonds. The molecule has 3 aromatic rings. The van der Waals surface area contributed by atoms with Gasteiger partial charge in [-0.15, -0.1) is 0 Å². The number of primary amides is 1. The number of aryl methyl sites for hydroxylation is 1. The summed E-state index contributed by atoms with van der Waals surface area (Å²) < 4.78 is 53.5. The highest BCUT2D eigenvalue weighted by Crippen LogP contribution is 2.37. The highest BCUT2D eigenvalue weighted by molar-refractivity contribution is 5.92. The highest BCUT2D eigenvalue weighted by Gasteiger charge is 2.47. The minimum Gasteiger partial charge on any atom is -0.383 e. The molecule has 31 heavy (non-hydrogen) atoms. The van der Waals surface area contributed by atoms with Gasteiger partial charge in [0, 0.05) is 30.7 Å². The number of urea groups is 1. The van der Waals surface area contributed by atoms with Crippen molar-refractivity contribution in [1.29, 1.82) is 0 Å². The Morgan fingerprint density at radius 2 is 1.97 bits per heavy atom. The second kappa shape index (κ2) is 7.36. The third kappa shape index (κ3) is 3.97. The molecule has 0 saturated carbocycles. The molecule has 2 aromatic heterocycles. The number of halogens is 4. The molecule has 162 valence electrons. The van der Waals surface area contributed by atoms with Crippen LogP contribution in [0.2, 0.25) is 0 Å². The van der Waals surface area contributed by atoms with Gasteiger partial charge in [0.15, 0.2) is 0 Å². The van der Waals surface area contributed by atoms with Gasteiger partial charge < -0.3 is 16.0 Å². The van der Waals surface area contributed by atoms with E-state index in [4.69, 9.17) is 5.73 Å². The monoisotopic (exact) mass is 433 g/mol. The van der Waals surface area contributed by atoms with Crippen molar-refractivity contribution in [1.82, 2.24) is 14.9 Å². The number of nitrogens with one attached hydrogen (secondary N) is 1. The summed E-state index contributed by atoms with van der Waals surface area (Å²) >= 11 is 0. The van der Waals surface area contributed by atoms with E-state index in [0.29, 0.717) is 11.1 Å². The van der Waals surface area contributed by atoms with Crippen LogP contribution in [0, 0.1) is 12.7 Å². The second-order valence-corrected chi connectivity index (χ2v) is 7.76. The molecule has 0 aliphatic carbocycles. The number of amides is 2. The Balaban J connectivity index is 1.70. The van der Waals surface area contributed by atoms with Crippen LogP contribution in [0.25, 0.3) is 10.9 Å². The zero-order valence-electron chi connectivity index (χ0n) is 16.5. The summed E-state index contributed by atoms with van der Waals surface area (Å²) in [6.45, 7) is 2.36. The Morgan fingerprint density at radius 3 is 2.58 bits per heavy atom. The van der Waals surface area contributed by atoms with Crippen molar-refractivity contribution in [2.45, 2.75) is 18.5 Å². The SMILES string of the molecule is Cc1ccc2c(NCC3(c4ccc(F)cn4)CN(C(N)=O)C3)cc(C(F)(F)F)nc2c1. The molecule has 1 aromatic carbocycles. The lowest BCUT2D eigenvalue weighted by Gasteiger charge is -2.49.